The van der Waals surface area contributed by atoms with Gasteiger partial charge >= 0.3 is 0 Å². The highest BCUT2D eigenvalue weighted by atomic mass is 16.2. The lowest BCUT2D eigenvalue weighted by Gasteiger charge is -2.19. The van der Waals surface area contributed by atoms with Crippen LogP contribution >= 0.6 is 0 Å². The van der Waals surface area contributed by atoms with Gasteiger partial charge in [0.2, 0.25) is 0 Å². The fourth-order valence-electron chi connectivity index (χ4n) is 1.89. The second kappa shape index (κ2) is 4.52. The van der Waals surface area contributed by atoms with E-state index in [-0.39, 0.29) is 11.1 Å². The first-order valence-electron chi connectivity index (χ1n) is 5.54. The fraction of sp³-hybridized carbons (Fsp3) is 0.167. The molecule has 7 nitrogen and oxygen atoms in total. The summed E-state index contributed by atoms with van der Waals surface area (Å²) in [5, 5.41) is 0. The van der Waals surface area contributed by atoms with E-state index in [4.69, 9.17) is 11.5 Å². The molecule has 1 atom stereocenters. The number of rotatable bonds is 2. The largest absolute Gasteiger partial charge is 0.370 e. The van der Waals surface area contributed by atoms with E-state index in [1.165, 1.54) is 19.1 Å². The summed E-state index contributed by atoms with van der Waals surface area (Å²) in [6, 6.07) is 5.32. The van der Waals surface area contributed by atoms with E-state index in [0.717, 1.165) is 4.90 Å². The fourth-order valence-corrected chi connectivity index (χ4v) is 1.89. The Morgan fingerprint density at radius 1 is 1.16 bits per heavy atom. The molecular weight excluding hydrogens is 248 g/mol. The summed E-state index contributed by atoms with van der Waals surface area (Å²) in [5.41, 5.74) is 10.8. The van der Waals surface area contributed by atoms with Crippen molar-refractivity contribution in [2.24, 2.45) is 16.5 Å². The number of imide groups is 1. The first-order chi connectivity index (χ1) is 8.93. The number of guanidine groups is 1. The lowest BCUT2D eigenvalue weighted by Crippen LogP contribution is -2.43. The summed E-state index contributed by atoms with van der Waals surface area (Å²) in [6.07, 6.45) is 0. The van der Waals surface area contributed by atoms with Gasteiger partial charge in [-0.1, -0.05) is 12.1 Å². The maximum absolute atomic E-state index is 12.1. The van der Waals surface area contributed by atoms with Crippen LogP contribution in [0.3, 0.4) is 0 Å². The van der Waals surface area contributed by atoms with Crippen LogP contribution < -0.4 is 11.5 Å². The first kappa shape index (κ1) is 12.7. The highest BCUT2D eigenvalue weighted by Crippen LogP contribution is 2.24. The molecule has 2 rings (SSSR count). The Labute approximate surface area is 108 Å². The standard InChI is InChI=1S/C12H12N4O3/c1-6(9(17)15-12(13)14)16-10(18)7-4-2-3-5-8(7)11(16)19/h2-6H,1H3,(H4,13,14,15,17). The van der Waals surface area contributed by atoms with Crippen molar-refractivity contribution in [3.05, 3.63) is 35.4 Å². The van der Waals surface area contributed by atoms with E-state index < -0.39 is 29.7 Å². The van der Waals surface area contributed by atoms with Gasteiger partial charge in [-0.05, 0) is 19.1 Å². The van der Waals surface area contributed by atoms with Crippen LogP contribution in [0, 0.1) is 0 Å². The Kier molecular flexibility index (Phi) is 3.04. The minimum atomic E-state index is -1.05. The third-order valence-electron chi connectivity index (χ3n) is 2.81. The molecule has 4 N–H and O–H groups in total. The van der Waals surface area contributed by atoms with Gasteiger partial charge in [-0.15, -0.1) is 0 Å². The Morgan fingerprint density at radius 3 is 2.05 bits per heavy atom. The van der Waals surface area contributed by atoms with Crippen LogP contribution in [0.1, 0.15) is 27.6 Å². The zero-order valence-electron chi connectivity index (χ0n) is 10.2. The zero-order valence-corrected chi connectivity index (χ0v) is 10.2. The van der Waals surface area contributed by atoms with E-state index in [2.05, 4.69) is 4.99 Å². The molecule has 1 heterocycles. The molecule has 0 aromatic heterocycles. The van der Waals surface area contributed by atoms with Crippen LogP contribution in [0.2, 0.25) is 0 Å². The predicted octanol–water partition coefficient (Wildman–Crippen LogP) is -0.529. The van der Waals surface area contributed by atoms with Gasteiger partial charge in [-0.2, -0.15) is 4.99 Å². The molecule has 1 aliphatic heterocycles. The second-order valence-electron chi connectivity index (χ2n) is 4.08. The molecule has 1 aromatic carbocycles. The molecule has 0 bridgehead atoms. The monoisotopic (exact) mass is 260 g/mol. The number of aliphatic imine (C=N–C) groups is 1. The number of amides is 3. The molecule has 0 saturated carbocycles. The molecule has 98 valence electrons. The molecule has 0 spiro atoms. The molecule has 0 radical (unpaired) electrons. The smallest absolute Gasteiger partial charge is 0.271 e. The second-order valence-corrected chi connectivity index (χ2v) is 4.08. The van der Waals surface area contributed by atoms with Crippen LogP contribution in [0.4, 0.5) is 0 Å². The number of hydrogen-bond acceptors (Lipinski definition) is 3. The highest BCUT2D eigenvalue weighted by Gasteiger charge is 2.40. The number of nitrogens with two attached hydrogens (primary N) is 2. The Morgan fingerprint density at radius 2 is 1.63 bits per heavy atom. The number of carbonyl (C=O) groups is 3. The number of fused-ring (bicyclic) bond motifs is 1. The van der Waals surface area contributed by atoms with Gasteiger partial charge in [0.05, 0.1) is 11.1 Å². The lowest BCUT2D eigenvalue weighted by molar-refractivity contribution is -0.121. The molecule has 19 heavy (non-hydrogen) atoms. The molecule has 1 aliphatic rings. The van der Waals surface area contributed by atoms with E-state index in [9.17, 15) is 14.4 Å². The average molecular weight is 260 g/mol. The summed E-state index contributed by atoms with van der Waals surface area (Å²) < 4.78 is 0. The van der Waals surface area contributed by atoms with Gasteiger partial charge < -0.3 is 11.5 Å². The van der Waals surface area contributed by atoms with Gasteiger partial charge in [-0.25, -0.2) is 0 Å². The number of hydrogen-bond donors (Lipinski definition) is 2. The van der Waals surface area contributed by atoms with Crippen LogP contribution in [-0.2, 0) is 4.79 Å². The first-order valence-corrected chi connectivity index (χ1v) is 5.54. The maximum Gasteiger partial charge on any atom is 0.271 e. The molecule has 1 aromatic rings. The molecular formula is C12H12N4O3. The predicted molar refractivity (Wildman–Crippen MR) is 67.2 cm³/mol. The minimum Gasteiger partial charge on any atom is -0.370 e. The van der Waals surface area contributed by atoms with Crippen molar-refractivity contribution < 1.29 is 14.4 Å². The minimum absolute atomic E-state index is 0.275. The number of nitrogens with zero attached hydrogens (tertiary/aromatic N) is 2. The zero-order chi connectivity index (χ0) is 14.2. The molecule has 3 amide bonds. The summed E-state index contributed by atoms with van der Waals surface area (Å²) in [7, 11) is 0. The third-order valence-corrected chi connectivity index (χ3v) is 2.81. The van der Waals surface area contributed by atoms with Gasteiger partial charge in [-0.3, -0.25) is 19.3 Å². The highest BCUT2D eigenvalue weighted by molar-refractivity contribution is 6.23. The van der Waals surface area contributed by atoms with Crippen molar-refractivity contribution in [1.29, 1.82) is 0 Å². The average Bonchev–Trinajstić information content (AvgIpc) is 2.61. The van der Waals surface area contributed by atoms with Crippen molar-refractivity contribution in [3.63, 3.8) is 0 Å². The summed E-state index contributed by atoms with van der Waals surface area (Å²) in [4.78, 5) is 40.1. The van der Waals surface area contributed by atoms with Gasteiger partial charge in [0, 0.05) is 0 Å². The topological polar surface area (TPSA) is 119 Å². The number of benzene rings is 1. The van der Waals surface area contributed by atoms with Crippen LogP contribution in [0.15, 0.2) is 29.3 Å². The van der Waals surface area contributed by atoms with E-state index in [1.807, 2.05) is 0 Å². The summed E-state index contributed by atoms with van der Waals surface area (Å²) >= 11 is 0. The van der Waals surface area contributed by atoms with Crippen molar-refractivity contribution in [1.82, 2.24) is 4.90 Å². The Balaban J connectivity index is 2.34. The summed E-state index contributed by atoms with van der Waals surface area (Å²) in [6.45, 7) is 1.40. The maximum atomic E-state index is 12.1. The molecule has 7 heteroatoms. The normalized spacial score (nSPS) is 15.1. The van der Waals surface area contributed by atoms with Crippen LogP contribution in [0.25, 0.3) is 0 Å². The molecule has 0 fully saturated rings. The number of carbonyl (C=O) groups excluding carboxylic acids is 3. The molecule has 0 aliphatic carbocycles. The van der Waals surface area contributed by atoms with Crippen molar-refractivity contribution >= 4 is 23.7 Å². The van der Waals surface area contributed by atoms with Crippen molar-refractivity contribution in [2.75, 3.05) is 0 Å². The SMILES string of the molecule is CC(C(=O)N=C(N)N)N1C(=O)c2ccccc2C1=O. The van der Waals surface area contributed by atoms with E-state index in [1.54, 1.807) is 12.1 Å². The van der Waals surface area contributed by atoms with Crippen LogP contribution in [0.5, 0.6) is 0 Å². The Hall–Kier alpha value is -2.70. The molecule has 1 unspecified atom stereocenters. The van der Waals surface area contributed by atoms with E-state index >= 15 is 0 Å². The summed E-state index contributed by atoms with van der Waals surface area (Å²) in [5.74, 6) is -2.19. The third kappa shape index (κ3) is 2.05. The van der Waals surface area contributed by atoms with Gasteiger partial charge in [0.25, 0.3) is 17.7 Å². The van der Waals surface area contributed by atoms with Crippen molar-refractivity contribution in [2.45, 2.75) is 13.0 Å². The van der Waals surface area contributed by atoms with Gasteiger partial charge in [0.15, 0.2) is 5.96 Å². The Bertz CT molecular complexity index is 570. The quantitative estimate of drug-likeness (QED) is 0.421. The van der Waals surface area contributed by atoms with E-state index in [0.29, 0.717) is 0 Å². The molecule has 0 saturated heterocycles. The van der Waals surface area contributed by atoms with Crippen molar-refractivity contribution in [3.8, 4) is 0 Å². The van der Waals surface area contributed by atoms with Crippen LogP contribution in [-0.4, -0.2) is 34.6 Å². The lowest BCUT2D eigenvalue weighted by atomic mass is 10.1. The van der Waals surface area contributed by atoms with Gasteiger partial charge in [0.1, 0.15) is 6.04 Å².